The van der Waals surface area contributed by atoms with E-state index in [0.29, 0.717) is 31.6 Å². The van der Waals surface area contributed by atoms with Crippen LogP contribution in [0.2, 0.25) is 0 Å². The Morgan fingerprint density at radius 3 is 2.36 bits per heavy atom. The van der Waals surface area contributed by atoms with Crippen LogP contribution < -0.4 is 21.7 Å². The predicted octanol–water partition coefficient (Wildman–Crippen LogP) is 2.99. The molecule has 132 valence electrons. The number of benzene rings is 2. The molecular formula is C19H24N4O2. The van der Waals surface area contributed by atoms with Gasteiger partial charge in [0.2, 0.25) is 5.91 Å². The molecule has 0 saturated carbocycles. The smallest absolute Gasteiger partial charge is 0.323 e. The summed E-state index contributed by atoms with van der Waals surface area (Å²) in [6.45, 7) is 2.88. The number of hydrogen-bond acceptors (Lipinski definition) is 3. The fourth-order valence-corrected chi connectivity index (χ4v) is 2.33. The second-order valence-electron chi connectivity index (χ2n) is 5.82. The lowest BCUT2D eigenvalue weighted by molar-refractivity contribution is -0.121. The van der Waals surface area contributed by atoms with Gasteiger partial charge in [-0.1, -0.05) is 24.3 Å². The van der Waals surface area contributed by atoms with Crippen molar-refractivity contribution < 1.29 is 9.59 Å². The molecule has 0 atom stereocenters. The fraction of sp³-hybridized carbons (Fsp3) is 0.263. The number of hydrogen-bond donors (Lipinski definition) is 4. The first kappa shape index (κ1) is 18.5. The molecule has 0 aliphatic carbocycles. The van der Waals surface area contributed by atoms with E-state index < -0.39 is 0 Å². The average Bonchev–Trinajstić information content (AvgIpc) is 2.58. The van der Waals surface area contributed by atoms with E-state index >= 15 is 0 Å². The molecule has 0 fully saturated rings. The minimum Gasteiger partial charge on any atom is -0.352 e. The van der Waals surface area contributed by atoms with Gasteiger partial charge in [0.1, 0.15) is 0 Å². The predicted molar refractivity (Wildman–Crippen MR) is 100 cm³/mol. The minimum atomic E-state index is -0.310. The lowest BCUT2D eigenvalue weighted by atomic mass is 10.2. The van der Waals surface area contributed by atoms with E-state index in [0.717, 1.165) is 16.8 Å². The van der Waals surface area contributed by atoms with Crippen LogP contribution in [0.4, 0.5) is 16.2 Å². The van der Waals surface area contributed by atoms with Crippen LogP contribution in [0.25, 0.3) is 0 Å². The molecular weight excluding hydrogens is 316 g/mol. The van der Waals surface area contributed by atoms with Gasteiger partial charge in [-0.15, -0.1) is 0 Å². The molecule has 2 aromatic carbocycles. The third kappa shape index (κ3) is 6.64. The number of nitrogens with two attached hydrogens (primary N) is 1. The van der Waals surface area contributed by atoms with E-state index in [2.05, 4.69) is 16.0 Å². The maximum absolute atomic E-state index is 12.1. The number of aryl methyl sites for hydroxylation is 1. The lowest BCUT2D eigenvalue weighted by Gasteiger charge is -2.10. The number of urea groups is 1. The van der Waals surface area contributed by atoms with Crippen molar-refractivity contribution in [2.75, 3.05) is 17.2 Å². The zero-order valence-electron chi connectivity index (χ0n) is 14.3. The first-order chi connectivity index (χ1) is 12.1. The highest BCUT2D eigenvalue weighted by molar-refractivity contribution is 5.99. The monoisotopic (exact) mass is 340 g/mol. The Morgan fingerprint density at radius 1 is 1.00 bits per heavy atom. The molecule has 0 aromatic heterocycles. The second kappa shape index (κ2) is 9.44. The zero-order valence-corrected chi connectivity index (χ0v) is 14.3. The summed E-state index contributed by atoms with van der Waals surface area (Å²) >= 11 is 0. The summed E-state index contributed by atoms with van der Waals surface area (Å²) in [6.07, 6.45) is 1.10. The maximum atomic E-state index is 12.1. The second-order valence-corrected chi connectivity index (χ2v) is 5.82. The first-order valence-electron chi connectivity index (χ1n) is 8.27. The molecule has 0 heterocycles. The maximum Gasteiger partial charge on any atom is 0.323 e. The van der Waals surface area contributed by atoms with E-state index in [1.54, 1.807) is 6.07 Å². The molecule has 0 radical (unpaired) electrons. The van der Waals surface area contributed by atoms with Gasteiger partial charge in [-0.3, -0.25) is 4.79 Å². The van der Waals surface area contributed by atoms with Gasteiger partial charge in [0.25, 0.3) is 0 Å². The Balaban J connectivity index is 1.88. The Hall–Kier alpha value is -2.86. The van der Waals surface area contributed by atoms with Gasteiger partial charge in [-0.05, 0) is 55.3 Å². The number of rotatable bonds is 7. The summed E-state index contributed by atoms with van der Waals surface area (Å²) in [5.74, 6) is -0.0268. The van der Waals surface area contributed by atoms with Crippen molar-refractivity contribution in [3.63, 3.8) is 0 Å². The summed E-state index contributed by atoms with van der Waals surface area (Å²) < 4.78 is 0. The molecule has 0 unspecified atom stereocenters. The van der Waals surface area contributed by atoms with Crippen LogP contribution in [0, 0.1) is 6.92 Å². The number of nitrogens with one attached hydrogen (secondary N) is 3. The quantitative estimate of drug-likeness (QED) is 0.624. The van der Waals surface area contributed by atoms with E-state index in [1.165, 1.54) is 0 Å². The first-order valence-corrected chi connectivity index (χ1v) is 8.27. The van der Waals surface area contributed by atoms with E-state index in [1.807, 2.05) is 49.4 Å². The van der Waals surface area contributed by atoms with Crippen LogP contribution in [-0.2, 0) is 11.3 Å². The Labute approximate surface area is 147 Å². The van der Waals surface area contributed by atoms with E-state index in [4.69, 9.17) is 5.73 Å². The summed E-state index contributed by atoms with van der Waals surface area (Å²) in [7, 11) is 0. The van der Waals surface area contributed by atoms with Crippen molar-refractivity contribution in [1.82, 2.24) is 5.32 Å². The van der Waals surface area contributed by atoms with Crippen LogP contribution in [-0.4, -0.2) is 18.5 Å². The highest BCUT2D eigenvalue weighted by Crippen LogP contribution is 2.13. The third-order valence-electron chi connectivity index (χ3n) is 3.56. The molecule has 25 heavy (non-hydrogen) atoms. The largest absolute Gasteiger partial charge is 0.352 e. The van der Waals surface area contributed by atoms with Gasteiger partial charge in [0, 0.05) is 24.3 Å². The van der Waals surface area contributed by atoms with Gasteiger partial charge in [-0.25, -0.2) is 4.79 Å². The molecule has 0 aliphatic rings. The SMILES string of the molecule is Cc1cccc(NC(=O)Nc2cccc(CNC(=O)CCCN)c2)c1. The highest BCUT2D eigenvalue weighted by Gasteiger charge is 2.05. The fourth-order valence-electron chi connectivity index (χ4n) is 2.33. The van der Waals surface area contributed by atoms with Crippen LogP contribution in [0.3, 0.4) is 0 Å². The van der Waals surface area contributed by atoms with Crippen molar-refractivity contribution in [2.24, 2.45) is 5.73 Å². The van der Waals surface area contributed by atoms with Gasteiger partial charge < -0.3 is 21.7 Å². The number of anilines is 2. The normalized spacial score (nSPS) is 10.2. The van der Waals surface area contributed by atoms with Gasteiger partial charge in [0.05, 0.1) is 0 Å². The van der Waals surface area contributed by atoms with Crippen LogP contribution in [0.1, 0.15) is 24.0 Å². The molecule has 2 rings (SSSR count). The molecule has 2 aromatic rings. The summed E-state index contributed by atoms with van der Waals surface area (Å²) in [4.78, 5) is 23.7. The molecule has 0 aliphatic heterocycles. The third-order valence-corrected chi connectivity index (χ3v) is 3.56. The highest BCUT2D eigenvalue weighted by atomic mass is 16.2. The van der Waals surface area contributed by atoms with E-state index in [9.17, 15) is 9.59 Å². The van der Waals surface area contributed by atoms with Crippen LogP contribution in [0.5, 0.6) is 0 Å². The minimum absolute atomic E-state index is 0.0268. The van der Waals surface area contributed by atoms with Crippen LogP contribution in [0.15, 0.2) is 48.5 Å². The average molecular weight is 340 g/mol. The molecule has 0 saturated heterocycles. The van der Waals surface area contributed by atoms with E-state index in [-0.39, 0.29) is 11.9 Å². The van der Waals surface area contributed by atoms with Gasteiger partial charge >= 0.3 is 6.03 Å². The molecule has 0 bridgehead atoms. The molecule has 5 N–H and O–H groups in total. The lowest BCUT2D eigenvalue weighted by Crippen LogP contribution is -2.23. The Bertz CT molecular complexity index is 731. The Morgan fingerprint density at radius 2 is 1.68 bits per heavy atom. The van der Waals surface area contributed by atoms with Crippen molar-refractivity contribution >= 4 is 23.3 Å². The number of carbonyl (C=O) groups excluding carboxylic acids is 2. The Kier molecular flexibility index (Phi) is 6.98. The van der Waals surface area contributed by atoms with Crippen molar-refractivity contribution in [1.29, 1.82) is 0 Å². The molecule has 0 spiro atoms. The van der Waals surface area contributed by atoms with Crippen molar-refractivity contribution in [3.05, 3.63) is 59.7 Å². The van der Waals surface area contributed by atoms with Gasteiger partial charge in [-0.2, -0.15) is 0 Å². The summed E-state index contributed by atoms with van der Waals surface area (Å²) in [5.41, 5.74) is 8.78. The summed E-state index contributed by atoms with van der Waals surface area (Å²) in [6, 6.07) is 14.6. The summed E-state index contributed by atoms with van der Waals surface area (Å²) in [5, 5.41) is 8.42. The zero-order chi connectivity index (χ0) is 18.1. The molecule has 6 nitrogen and oxygen atoms in total. The molecule has 6 heteroatoms. The topological polar surface area (TPSA) is 96.2 Å². The van der Waals surface area contributed by atoms with Crippen LogP contribution >= 0.6 is 0 Å². The van der Waals surface area contributed by atoms with Crippen molar-refractivity contribution in [3.8, 4) is 0 Å². The number of carbonyl (C=O) groups is 2. The standard InChI is InChI=1S/C19H24N4O2/c1-14-5-2-7-16(11-14)22-19(25)23-17-8-3-6-15(12-17)13-21-18(24)9-4-10-20/h2-3,5-8,11-12H,4,9-10,13,20H2,1H3,(H,21,24)(H2,22,23,25). The molecule has 3 amide bonds. The van der Waals surface area contributed by atoms with Gasteiger partial charge in [0.15, 0.2) is 0 Å². The van der Waals surface area contributed by atoms with Crippen molar-refractivity contribution in [2.45, 2.75) is 26.3 Å². The number of amides is 3.